The first-order valence-corrected chi connectivity index (χ1v) is 11.2. The quantitative estimate of drug-likeness (QED) is 0.263. The molecule has 0 unspecified atom stereocenters. The number of pyridine rings is 1. The molecule has 36 heavy (non-hydrogen) atoms. The van der Waals surface area contributed by atoms with Gasteiger partial charge in [0.1, 0.15) is 17.3 Å². The van der Waals surface area contributed by atoms with E-state index in [0.29, 0.717) is 63.7 Å². The topological polar surface area (TPSA) is 138 Å². The molecule has 0 radical (unpaired) electrons. The number of ether oxygens (including phenoxy) is 2. The van der Waals surface area contributed by atoms with E-state index in [1.807, 2.05) is 6.07 Å². The number of hydrogen-bond donors (Lipinski definition) is 4. The molecule has 0 aliphatic carbocycles. The number of aromatic hydroxyl groups is 1. The number of H-pyrrole nitrogens is 2. The summed E-state index contributed by atoms with van der Waals surface area (Å²) in [5.41, 5.74) is 4.65. The zero-order valence-corrected chi connectivity index (χ0v) is 19.7. The van der Waals surface area contributed by atoms with Crippen molar-refractivity contribution in [3.05, 3.63) is 72.4 Å². The van der Waals surface area contributed by atoms with Crippen LogP contribution in [0.25, 0.3) is 33.5 Å². The van der Waals surface area contributed by atoms with Crippen LogP contribution in [0.5, 0.6) is 17.4 Å². The molecule has 0 aliphatic heterocycles. The molecular weight excluding hydrogens is 460 g/mol. The number of aromatic amines is 2. The second kappa shape index (κ2) is 9.79. The molecule has 5 aromatic rings. The van der Waals surface area contributed by atoms with Crippen molar-refractivity contribution in [1.29, 1.82) is 0 Å². The van der Waals surface area contributed by atoms with Gasteiger partial charge in [-0.3, -0.25) is 4.79 Å². The molecule has 2 aromatic carbocycles. The van der Waals surface area contributed by atoms with E-state index in [-0.39, 0.29) is 11.7 Å². The molecule has 3 heterocycles. The summed E-state index contributed by atoms with van der Waals surface area (Å²) >= 11 is 0. The lowest BCUT2D eigenvalue weighted by atomic mass is 10.0. The summed E-state index contributed by atoms with van der Waals surface area (Å²) in [6.07, 6.45) is 5.63. The van der Waals surface area contributed by atoms with Crippen molar-refractivity contribution in [3.63, 3.8) is 0 Å². The first-order chi connectivity index (χ1) is 17.6. The Bertz CT molecular complexity index is 1530. The van der Waals surface area contributed by atoms with Crippen molar-refractivity contribution in [3.8, 4) is 39.9 Å². The maximum atomic E-state index is 12.6. The number of hydrogen-bond acceptors (Lipinski definition) is 7. The van der Waals surface area contributed by atoms with Crippen molar-refractivity contribution >= 4 is 16.9 Å². The lowest BCUT2D eigenvalue weighted by Gasteiger charge is -2.14. The maximum Gasteiger partial charge on any atom is 0.251 e. The van der Waals surface area contributed by atoms with Gasteiger partial charge < -0.3 is 29.9 Å². The van der Waals surface area contributed by atoms with Crippen molar-refractivity contribution in [2.75, 3.05) is 20.8 Å². The van der Waals surface area contributed by atoms with Crippen LogP contribution in [0, 0.1) is 0 Å². The van der Waals surface area contributed by atoms with Gasteiger partial charge in [0.05, 0.1) is 37.1 Å². The van der Waals surface area contributed by atoms with Crippen LogP contribution in [0.3, 0.4) is 0 Å². The summed E-state index contributed by atoms with van der Waals surface area (Å²) < 4.78 is 10.9. The van der Waals surface area contributed by atoms with Gasteiger partial charge in [0.25, 0.3) is 5.91 Å². The molecule has 10 nitrogen and oxygen atoms in total. The number of carbonyl (C=O) groups excluding carboxylic acids is 1. The molecular formula is C26H24N6O4. The highest BCUT2D eigenvalue weighted by molar-refractivity contribution is 5.98. The standard InChI is InChI=1S/C26H24N6O4/c1-35-23-12-22(33)19(11-18(23)17-4-3-8-29-26(17)36-2)24-31-20-6-5-15(10-21(20)32-24)25(34)28-9-7-16-13-27-14-30-16/h3-6,8,10-14,33H,7,9H2,1-2H3,(H,27,30)(H,28,34)(H,31,32). The third-order valence-corrected chi connectivity index (χ3v) is 5.81. The molecule has 1 amide bonds. The van der Waals surface area contributed by atoms with E-state index in [1.165, 1.54) is 13.2 Å². The first kappa shape index (κ1) is 22.9. The Hall–Kier alpha value is -4.86. The Labute approximate surface area is 206 Å². The number of nitrogens with one attached hydrogen (secondary N) is 3. The minimum Gasteiger partial charge on any atom is -0.507 e. The number of nitrogens with zero attached hydrogens (tertiary/aromatic N) is 3. The smallest absolute Gasteiger partial charge is 0.251 e. The van der Waals surface area contributed by atoms with Gasteiger partial charge in [-0.1, -0.05) is 0 Å². The minimum absolute atomic E-state index is 0.00529. The number of benzene rings is 2. The number of imidazole rings is 2. The van der Waals surface area contributed by atoms with E-state index in [1.54, 1.807) is 56.2 Å². The van der Waals surface area contributed by atoms with Crippen molar-refractivity contribution < 1.29 is 19.4 Å². The summed E-state index contributed by atoms with van der Waals surface area (Å²) in [4.78, 5) is 31.7. The molecule has 10 heteroatoms. The fourth-order valence-electron chi connectivity index (χ4n) is 4.01. The Morgan fingerprint density at radius 1 is 1.08 bits per heavy atom. The number of amides is 1. The molecule has 0 spiro atoms. The summed E-state index contributed by atoms with van der Waals surface area (Å²) in [6.45, 7) is 0.480. The molecule has 4 N–H and O–H groups in total. The average molecular weight is 485 g/mol. The number of phenols is 1. The van der Waals surface area contributed by atoms with Crippen LogP contribution in [0.2, 0.25) is 0 Å². The summed E-state index contributed by atoms with van der Waals surface area (Å²) in [7, 11) is 3.08. The van der Waals surface area contributed by atoms with E-state index in [0.717, 1.165) is 5.69 Å². The molecule has 0 atom stereocenters. The largest absolute Gasteiger partial charge is 0.507 e. The Balaban J connectivity index is 1.45. The fourth-order valence-corrected chi connectivity index (χ4v) is 4.01. The van der Waals surface area contributed by atoms with Crippen LogP contribution >= 0.6 is 0 Å². The zero-order valence-electron chi connectivity index (χ0n) is 19.7. The molecule has 0 bridgehead atoms. The number of phenolic OH excluding ortho intramolecular Hbond substituents is 1. The van der Waals surface area contributed by atoms with E-state index in [2.05, 4.69) is 30.2 Å². The van der Waals surface area contributed by atoms with E-state index < -0.39 is 0 Å². The van der Waals surface area contributed by atoms with E-state index in [4.69, 9.17) is 9.47 Å². The van der Waals surface area contributed by atoms with Gasteiger partial charge >= 0.3 is 0 Å². The number of methoxy groups -OCH3 is 2. The predicted molar refractivity (Wildman–Crippen MR) is 134 cm³/mol. The summed E-state index contributed by atoms with van der Waals surface area (Å²) in [6, 6.07) is 12.2. The highest BCUT2D eigenvalue weighted by Crippen LogP contribution is 2.42. The molecule has 3 aromatic heterocycles. The molecule has 182 valence electrons. The van der Waals surface area contributed by atoms with Crippen molar-refractivity contribution in [2.45, 2.75) is 6.42 Å². The number of fused-ring (bicyclic) bond motifs is 1. The fraction of sp³-hybridized carbons (Fsp3) is 0.154. The van der Waals surface area contributed by atoms with Gasteiger partial charge in [0, 0.05) is 53.8 Å². The van der Waals surface area contributed by atoms with E-state index >= 15 is 0 Å². The second-order valence-electron chi connectivity index (χ2n) is 8.03. The van der Waals surface area contributed by atoms with Gasteiger partial charge in [-0.15, -0.1) is 0 Å². The van der Waals surface area contributed by atoms with Crippen LogP contribution in [0.4, 0.5) is 0 Å². The monoisotopic (exact) mass is 484 g/mol. The SMILES string of the molecule is COc1cc(O)c(-c2nc3ccc(C(=O)NCCc4cnc[nH]4)cc3[nH]2)cc1-c1cccnc1OC. The van der Waals surface area contributed by atoms with Crippen LogP contribution in [-0.2, 0) is 6.42 Å². The predicted octanol–water partition coefficient (Wildman–Crippen LogP) is 3.71. The van der Waals surface area contributed by atoms with Crippen LogP contribution < -0.4 is 14.8 Å². The first-order valence-electron chi connectivity index (χ1n) is 11.2. The second-order valence-corrected chi connectivity index (χ2v) is 8.03. The van der Waals surface area contributed by atoms with Crippen LogP contribution in [-0.4, -0.2) is 56.7 Å². The van der Waals surface area contributed by atoms with Crippen LogP contribution in [0.1, 0.15) is 16.1 Å². The van der Waals surface area contributed by atoms with Crippen LogP contribution in [0.15, 0.2) is 61.2 Å². The lowest BCUT2D eigenvalue weighted by Crippen LogP contribution is -2.25. The lowest BCUT2D eigenvalue weighted by molar-refractivity contribution is 0.0954. The molecule has 0 saturated carbocycles. The number of aromatic nitrogens is 5. The van der Waals surface area contributed by atoms with Crippen molar-refractivity contribution in [2.24, 2.45) is 0 Å². The van der Waals surface area contributed by atoms with Gasteiger partial charge in [0.2, 0.25) is 5.88 Å². The third-order valence-electron chi connectivity index (χ3n) is 5.81. The summed E-state index contributed by atoms with van der Waals surface area (Å²) in [5, 5.41) is 13.7. The Morgan fingerprint density at radius 2 is 1.97 bits per heavy atom. The van der Waals surface area contributed by atoms with Gasteiger partial charge in [-0.2, -0.15) is 0 Å². The Morgan fingerprint density at radius 3 is 2.75 bits per heavy atom. The average Bonchev–Trinajstić information content (AvgIpc) is 3.57. The number of carbonyl (C=O) groups is 1. The van der Waals surface area contributed by atoms with Gasteiger partial charge in [-0.05, 0) is 36.4 Å². The highest BCUT2D eigenvalue weighted by atomic mass is 16.5. The van der Waals surface area contributed by atoms with Gasteiger partial charge in [-0.25, -0.2) is 15.0 Å². The van der Waals surface area contributed by atoms with E-state index in [9.17, 15) is 9.90 Å². The molecule has 0 fully saturated rings. The maximum absolute atomic E-state index is 12.6. The summed E-state index contributed by atoms with van der Waals surface area (Å²) in [5.74, 6) is 1.15. The Kier molecular flexibility index (Phi) is 6.23. The number of rotatable bonds is 8. The third kappa shape index (κ3) is 4.43. The molecule has 0 aliphatic rings. The van der Waals surface area contributed by atoms with Crippen molar-refractivity contribution in [1.82, 2.24) is 30.2 Å². The highest BCUT2D eigenvalue weighted by Gasteiger charge is 2.19. The van der Waals surface area contributed by atoms with Gasteiger partial charge in [0.15, 0.2) is 0 Å². The zero-order chi connectivity index (χ0) is 25.1. The molecule has 5 rings (SSSR count). The normalized spacial score (nSPS) is 10.9. The minimum atomic E-state index is -0.189. The molecule has 0 saturated heterocycles.